The van der Waals surface area contributed by atoms with Crippen LogP contribution in [0.25, 0.3) is 0 Å². The molecule has 0 saturated carbocycles. The maximum absolute atomic E-state index is 10.3. The third-order valence-electron chi connectivity index (χ3n) is 2.89. The molecule has 3 rings (SSSR count). The molecular weight excluding hydrogens is 300 g/mol. The zero-order chi connectivity index (χ0) is 11.8. The van der Waals surface area contributed by atoms with Gasteiger partial charge in [0.25, 0.3) is 0 Å². The molecule has 0 spiro atoms. The molecule has 2 heterocycles. The third kappa shape index (κ3) is 2.12. The van der Waals surface area contributed by atoms with Crippen molar-refractivity contribution >= 4 is 27.3 Å². The van der Waals surface area contributed by atoms with Crippen molar-refractivity contribution in [2.45, 2.75) is 12.5 Å². The van der Waals surface area contributed by atoms with Crippen molar-refractivity contribution in [1.29, 1.82) is 0 Å². The van der Waals surface area contributed by atoms with E-state index in [4.69, 9.17) is 4.74 Å². The quantitative estimate of drug-likeness (QED) is 0.919. The summed E-state index contributed by atoms with van der Waals surface area (Å²) in [6.45, 7) is 0.749. The number of hydrogen-bond donors (Lipinski definition) is 1. The number of rotatable bonds is 2. The number of aliphatic hydroxyl groups excluding tert-OH is 1. The van der Waals surface area contributed by atoms with E-state index in [2.05, 4.69) is 15.9 Å². The molecule has 88 valence electrons. The maximum atomic E-state index is 10.3. The van der Waals surface area contributed by atoms with Gasteiger partial charge in [-0.25, -0.2) is 0 Å². The SMILES string of the molecule is OC(c1ccc2c(c1)CCO2)c1ccc(Br)s1. The van der Waals surface area contributed by atoms with E-state index < -0.39 is 6.10 Å². The molecule has 1 aromatic heterocycles. The van der Waals surface area contributed by atoms with E-state index in [1.165, 1.54) is 5.56 Å². The van der Waals surface area contributed by atoms with Crippen molar-refractivity contribution in [2.24, 2.45) is 0 Å². The van der Waals surface area contributed by atoms with Gasteiger partial charge in [0.15, 0.2) is 0 Å². The van der Waals surface area contributed by atoms with Crippen LogP contribution in [0.4, 0.5) is 0 Å². The average molecular weight is 311 g/mol. The van der Waals surface area contributed by atoms with Crippen LogP contribution in [0.2, 0.25) is 0 Å². The third-order valence-corrected chi connectivity index (χ3v) is 4.57. The predicted octanol–water partition coefficient (Wildman–Crippen LogP) is 3.53. The number of fused-ring (bicyclic) bond motifs is 1. The van der Waals surface area contributed by atoms with Crippen molar-refractivity contribution in [1.82, 2.24) is 0 Å². The highest BCUT2D eigenvalue weighted by molar-refractivity contribution is 9.11. The van der Waals surface area contributed by atoms with Crippen LogP contribution in [-0.4, -0.2) is 11.7 Å². The van der Waals surface area contributed by atoms with Gasteiger partial charge in [-0.15, -0.1) is 11.3 Å². The Bertz CT molecular complexity index is 550. The molecule has 0 radical (unpaired) electrons. The zero-order valence-corrected chi connectivity index (χ0v) is 11.4. The first-order chi connectivity index (χ1) is 8.24. The molecule has 0 fully saturated rings. The van der Waals surface area contributed by atoms with Crippen molar-refractivity contribution in [3.63, 3.8) is 0 Å². The summed E-state index contributed by atoms with van der Waals surface area (Å²) in [7, 11) is 0. The lowest BCUT2D eigenvalue weighted by Crippen LogP contribution is -1.97. The second kappa shape index (κ2) is 4.44. The Hall–Kier alpha value is -0.840. The lowest BCUT2D eigenvalue weighted by atomic mass is 10.0. The summed E-state index contributed by atoms with van der Waals surface area (Å²) in [5, 5.41) is 10.3. The highest BCUT2D eigenvalue weighted by Gasteiger charge is 2.17. The second-order valence-corrected chi connectivity index (χ2v) is 6.50. The Morgan fingerprint density at radius 3 is 2.94 bits per heavy atom. The highest BCUT2D eigenvalue weighted by Crippen LogP contribution is 2.34. The van der Waals surface area contributed by atoms with Gasteiger partial charge in [0.1, 0.15) is 11.9 Å². The number of aliphatic hydroxyl groups is 1. The Balaban J connectivity index is 1.94. The van der Waals surface area contributed by atoms with E-state index in [9.17, 15) is 5.11 Å². The summed E-state index contributed by atoms with van der Waals surface area (Å²) in [6.07, 6.45) is 0.390. The Morgan fingerprint density at radius 1 is 1.29 bits per heavy atom. The molecule has 0 aliphatic carbocycles. The van der Waals surface area contributed by atoms with Crippen LogP contribution in [0, 0.1) is 0 Å². The minimum atomic E-state index is -0.544. The normalized spacial score (nSPS) is 15.4. The molecule has 4 heteroatoms. The van der Waals surface area contributed by atoms with Gasteiger partial charge < -0.3 is 9.84 Å². The molecule has 17 heavy (non-hydrogen) atoms. The van der Waals surface area contributed by atoms with E-state index >= 15 is 0 Å². The van der Waals surface area contributed by atoms with Gasteiger partial charge in [-0.1, -0.05) is 6.07 Å². The van der Waals surface area contributed by atoms with Crippen LogP contribution >= 0.6 is 27.3 Å². The Labute approximate surface area is 112 Å². The molecule has 0 amide bonds. The van der Waals surface area contributed by atoms with Crippen molar-refractivity contribution in [3.8, 4) is 5.75 Å². The van der Waals surface area contributed by atoms with E-state index in [0.717, 1.165) is 33.0 Å². The van der Waals surface area contributed by atoms with Crippen molar-refractivity contribution < 1.29 is 9.84 Å². The second-order valence-electron chi connectivity index (χ2n) is 4.01. The molecule has 0 saturated heterocycles. The summed E-state index contributed by atoms with van der Waals surface area (Å²) in [5.41, 5.74) is 2.13. The summed E-state index contributed by atoms with van der Waals surface area (Å²) < 4.78 is 6.49. The first-order valence-electron chi connectivity index (χ1n) is 5.43. The lowest BCUT2D eigenvalue weighted by Gasteiger charge is -2.10. The van der Waals surface area contributed by atoms with E-state index in [-0.39, 0.29) is 0 Å². The fourth-order valence-electron chi connectivity index (χ4n) is 2.02. The van der Waals surface area contributed by atoms with Gasteiger partial charge in [-0.3, -0.25) is 0 Å². The molecule has 2 aromatic rings. The fraction of sp³-hybridized carbons (Fsp3) is 0.231. The largest absolute Gasteiger partial charge is 0.493 e. The minimum absolute atomic E-state index is 0.544. The number of ether oxygens (including phenoxy) is 1. The van der Waals surface area contributed by atoms with Gasteiger partial charge in [0.05, 0.1) is 10.4 Å². The molecule has 0 bridgehead atoms. The van der Waals surface area contributed by atoms with Gasteiger partial charge in [-0.2, -0.15) is 0 Å². The fourth-order valence-corrected chi connectivity index (χ4v) is 3.45. The van der Waals surface area contributed by atoms with Crippen LogP contribution in [0.1, 0.15) is 22.1 Å². The first-order valence-corrected chi connectivity index (χ1v) is 7.04. The molecule has 1 unspecified atom stereocenters. The zero-order valence-electron chi connectivity index (χ0n) is 9.02. The smallest absolute Gasteiger partial charge is 0.122 e. The van der Waals surface area contributed by atoms with Gasteiger partial charge in [0.2, 0.25) is 0 Å². The summed E-state index contributed by atoms with van der Waals surface area (Å²) >= 11 is 4.97. The molecule has 1 N–H and O–H groups in total. The predicted molar refractivity (Wildman–Crippen MR) is 71.7 cm³/mol. The van der Waals surface area contributed by atoms with Crippen LogP contribution in [0.15, 0.2) is 34.1 Å². The summed E-state index contributed by atoms with van der Waals surface area (Å²) in [6, 6.07) is 9.83. The summed E-state index contributed by atoms with van der Waals surface area (Å²) in [5.74, 6) is 0.952. The van der Waals surface area contributed by atoms with Gasteiger partial charge in [-0.05, 0) is 51.3 Å². The van der Waals surface area contributed by atoms with E-state index in [1.54, 1.807) is 11.3 Å². The minimum Gasteiger partial charge on any atom is -0.493 e. The monoisotopic (exact) mass is 310 g/mol. The lowest BCUT2D eigenvalue weighted by molar-refractivity contribution is 0.224. The maximum Gasteiger partial charge on any atom is 0.122 e. The van der Waals surface area contributed by atoms with Crippen LogP contribution in [-0.2, 0) is 6.42 Å². The van der Waals surface area contributed by atoms with Crippen LogP contribution < -0.4 is 4.74 Å². The Kier molecular flexibility index (Phi) is 2.94. The van der Waals surface area contributed by atoms with Gasteiger partial charge >= 0.3 is 0 Å². The number of hydrogen-bond acceptors (Lipinski definition) is 3. The number of benzene rings is 1. The number of thiophene rings is 1. The standard InChI is InChI=1S/C13H11BrO2S/c14-12-4-3-11(17-12)13(15)9-1-2-10-8(7-9)5-6-16-10/h1-4,7,13,15H,5-6H2. The summed E-state index contributed by atoms with van der Waals surface area (Å²) in [4.78, 5) is 0.954. The van der Waals surface area contributed by atoms with Crippen LogP contribution in [0.5, 0.6) is 5.75 Å². The molecule has 1 aromatic carbocycles. The van der Waals surface area contributed by atoms with E-state index in [0.29, 0.717) is 0 Å². The molecular formula is C13H11BrO2S. The molecule has 2 nitrogen and oxygen atoms in total. The molecule has 1 aliphatic rings. The van der Waals surface area contributed by atoms with Crippen LogP contribution in [0.3, 0.4) is 0 Å². The van der Waals surface area contributed by atoms with Gasteiger partial charge in [0, 0.05) is 11.3 Å². The highest BCUT2D eigenvalue weighted by atomic mass is 79.9. The Morgan fingerprint density at radius 2 is 2.18 bits per heavy atom. The first kappa shape index (κ1) is 11.3. The number of halogens is 1. The topological polar surface area (TPSA) is 29.5 Å². The molecule has 1 atom stereocenters. The molecule has 1 aliphatic heterocycles. The average Bonchev–Trinajstić information content (AvgIpc) is 2.95. The van der Waals surface area contributed by atoms with E-state index in [1.807, 2.05) is 30.3 Å². The van der Waals surface area contributed by atoms with Crippen molar-refractivity contribution in [2.75, 3.05) is 6.61 Å². The van der Waals surface area contributed by atoms with Crippen molar-refractivity contribution in [3.05, 3.63) is 50.1 Å².